The SMILES string of the molecule is CCCCN1CCC(NC(=O)c2cc(Br)c(Br)s2)CC1. The first kappa shape index (κ1) is 16.5. The molecule has 1 aromatic heterocycles. The van der Waals surface area contributed by atoms with Gasteiger partial charge < -0.3 is 10.2 Å². The summed E-state index contributed by atoms with van der Waals surface area (Å²) in [6, 6.07) is 2.19. The minimum Gasteiger partial charge on any atom is -0.349 e. The Balaban J connectivity index is 1.79. The fraction of sp³-hybridized carbons (Fsp3) is 0.643. The summed E-state index contributed by atoms with van der Waals surface area (Å²) in [5.41, 5.74) is 0. The van der Waals surface area contributed by atoms with Gasteiger partial charge in [-0.3, -0.25) is 4.79 Å². The molecular formula is C14H20Br2N2OS. The van der Waals surface area contributed by atoms with E-state index in [9.17, 15) is 4.79 Å². The molecule has 6 heteroatoms. The largest absolute Gasteiger partial charge is 0.349 e. The molecule has 1 aliphatic rings. The number of likely N-dealkylation sites (tertiary alicyclic amines) is 1. The predicted octanol–water partition coefficient (Wildman–Crippen LogP) is 4.27. The second-order valence-corrected chi connectivity index (χ2v) is 8.40. The summed E-state index contributed by atoms with van der Waals surface area (Å²) >= 11 is 8.31. The molecule has 20 heavy (non-hydrogen) atoms. The Labute approximate surface area is 141 Å². The lowest BCUT2D eigenvalue weighted by molar-refractivity contribution is 0.0915. The van der Waals surface area contributed by atoms with Gasteiger partial charge in [-0.2, -0.15) is 0 Å². The van der Waals surface area contributed by atoms with Crippen molar-refractivity contribution in [1.82, 2.24) is 10.2 Å². The summed E-state index contributed by atoms with van der Waals surface area (Å²) in [6.07, 6.45) is 4.64. The molecule has 112 valence electrons. The Kier molecular flexibility index (Phi) is 6.52. The van der Waals surface area contributed by atoms with Crippen molar-refractivity contribution in [3.05, 3.63) is 19.2 Å². The van der Waals surface area contributed by atoms with Crippen LogP contribution in [0, 0.1) is 0 Å². The molecule has 1 amide bonds. The molecule has 3 nitrogen and oxygen atoms in total. The second kappa shape index (κ2) is 7.92. The first-order valence-corrected chi connectivity index (χ1v) is 9.48. The lowest BCUT2D eigenvalue weighted by Gasteiger charge is -2.32. The number of carbonyl (C=O) groups is 1. The van der Waals surface area contributed by atoms with Crippen molar-refractivity contribution in [2.45, 2.75) is 38.6 Å². The first-order chi connectivity index (χ1) is 9.60. The zero-order valence-corrected chi connectivity index (χ0v) is 15.6. The van der Waals surface area contributed by atoms with Gasteiger partial charge in [-0.1, -0.05) is 13.3 Å². The van der Waals surface area contributed by atoms with Gasteiger partial charge in [0.1, 0.15) is 0 Å². The minimum absolute atomic E-state index is 0.0495. The molecule has 2 heterocycles. The number of unbranched alkanes of at least 4 members (excludes halogenated alkanes) is 1. The number of hydrogen-bond acceptors (Lipinski definition) is 3. The van der Waals surface area contributed by atoms with Gasteiger partial charge in [0.05, 0.1) is 8.66 Å². The van der Waals surface area contributed by atoms with Crippen LogP contribution in [0.4, 0.5) is 0 Å². The number of hydrogen-bond donors (Lipinski definition) is 1. The van der Waals surface area contributed by atoms with Crippen LogP contribution in [0.15, 0.2) is 14.3 Å². The number of nitrogens with zero attached hydrogens (tertiary/aromatic N) is 1. The Morgan fingerprint density at radius 2 is 2.15 bits per heavy atom. The van der Waals surface area contributed by atoms with Crippen LogP contribution < -0.4 is 5.32 Å². The van der Waals surface area contributed by atoms with Crippen molar-refractivity contribution < 1.29 is 4.79 Å². The minimum atomic E-state index is 0.0495. The Morgan fingerprint density at radius 1 is 1.45 bits per heavy atom. The van der Waals surface area contributed by atoms with Crippen molar-refractivity contribution in [3.8, 4) is 0 Å². The highest BCUT2D eigenvalue weighted by Gasteiger charge is 2.21. The molecule has 0 unspecified atom stereocenters. The highest BCUT2D eigenvalue weighted by molar-refractivity contribution is 9.13. The van der Waals surface area contributed by atoms with Crippen molar-refractivity contribution in [2.75, 3.05) is 19.6 Å². The Hall–Kier alpha value is 0.0900. The smallest absolute Gasteiger partial charge is 0.261 e. The summed E-state index contributed by atoms with van der Waals surface area (Å²) in [7, 11) is 0. The van der Waals surface area contributed by atoms with E-state index in [0.717, 1.165) is 39.1 Å². The number of piperidine rings is 1. The van der Waals surface area contributed by atoms with E-state index < -0.39 is 0 Å². The fourth-order valence-electron chi connectivity index (χ4n) is 2.40. The Morgan fingerprint density at radius 3 is 2.70 bits per heavy atom. The maximum absolute atomic E-state index is 12.2. The highest BCUT2D eigenvalue weighted by atomic mass is 79.9. The lowest BCUT2D eigenvalue weighted by atomic mass is 10.0. The topological polar surface area (TPSA) is 32.3 Å². The summed E-state index contributed by atoms with van der Waals surface area (Å²) in [6.45, 7) is 5.62. The molecule has 0 bridgehead atoms. The quantitative estimate of drug-likeness (QED) is 0.766. The van der Waals surface area contributed by atoms with Gasteiger partial charge in [-0.05, 0) is 63.7 Å². The summed E-state index contributed by atoms with van der Waals surface area (Å²) < 4.78 is 1.92. The van der Waals surface area contributed by atoms with E-state index in [-0.39, 0.29) is 5.91 Å². The van der Waals surface area contributed by atoms with Crippen molar-refractivity contribution in [3.63, 3.8) is 0 Å². The molecule has 0 aromatic carbocycles. The summed E-state index contributed by atoms with van der Waals surface area (Å²) in [5, 5.41) is 3.16. The maximum atomic E-state index is 12.2. The third-order valence-electron chi connectivity index (χ3n) is 3.62. The lowest BCUT2D eigenvalue weighted by Crippen LogP contribution is -2.44. The molecule has 0 atom stereocenters. The van der Waals surface area contributed by atoms with Crippen LogP contribution in [0.1, 0.15) is 42.3 Å². The van der Waals surface area contributed by atoms with Crippen LogP contribution in [0.2, 0.25) is 0 Å². The number of carbonyl (C=O) groups excluding carboxylic acids is 1. The van der Waals surface area contributed by atoms with Crippen LogP contribution in [-0.4, -0.2) is 36.5 Å². The standard InChI is InChI=1S/C14H20Br2N2OS/c1-2-3-6-18-7-4-10(5-8-18)17-14(19)12-9-11(15)13(16)20-12/h9-10H,2-8H2,1H3,(H,17,19). The van der Waals surface area contributed by atoms with E-state index in [2.05, 4.69) is 49.0 Å². The molecule has 0 aliphatic carbocycles. The first-order valence-electron chi connectivity index (χ1n) is 7.08. The molecule has 0 spiro atoms. The van der Waals surface area contributed by atoms with Crippen LogP contribution >= 0.6 is 43.2 Å². The van der Waals surface area contributed by atoms with Crippen LogP contribution in [0.25, 0.3) is 0 Å². The molecule has 2 rings (SSSR count). The second-order valence-electron chi connectivity index (χ2n) is 5.18. The van der Waals surface area contributed by atoms with E-state index in [1.54, 1.807) is 0 Å². The van der Waals surface area contributed by atoms with Crippen LogP contribution in [0.3, 0.4) is 0 Å². The van der Waals surface area contributed by atoms with Gasteiger partial charge in [-0.15, -0.1) is 11.3 Å². The third kappa shape index (κ3) is 4.55. The van der Waals surface area contributed by atoms with E-state index in [0.29, 0.717) is 6.04 Å². The molecule has 1 aliphatic heterocycles. The zero-order valence-electron chi connectivity index (χ0n) is 11.6. The van der Waals surface area contributed by atoms with Gasteiger partial charge in [0.2, 0.25) is 0 Å². The highest BCUT2D eigenvalue weighted by Crippen LogP contribution is 2.32. The van der Waals surface area contributed by atoms with Crippen LogP contribution in [-0.2, 0) is 0 Å². The Bertz CT molecular complexity index is 437. The molecule has 0 radical (unpaired) electrons. The third-order valence-corrected chi connectivity index (χ3v) is 6.87. The fourth-order valence-corrected chi connectivity index (χ4v) is 4.34. The van der Waals surface area contributed by atoms with Crippen molar-refractivity contribution in [1.29, 1.82) is 0 Å². The molecule has 0 saturated carbocycles. The van der Waals surface area contributed by atoms with Gasteiger partial charge in [0.15, 0.2) is 0 Å². The van der Waals surface area contributed by atoms with E-state index in [1.807, 2.05) is 6.07 Å². The average molecular weight is 424 g/mol. The van der Waals surface area contributed by atoms with Crippen molar-refractivity contribution in [2.24, 2.45) is 0 Å². The van der Waals surface area contributed by atoms with Gasteiger partial charge in [0, 0.05) is 23.6 Å². The van der Waals surface area contributed by atoms with Gasteiger partial charge in [-0.25, -0.2) is 0 Å². The molecule has 1 fully saturated rings. The van der Waals surface area contributed by atoms with Gasteiger partial charge in [0.25, 0.3) is 5.91 Å². The van der Waals surface area contributed by atoms with E-state index in [4.69, 9.17) is 0 Å². The number of thiophene rings is 1. The van der Waals surface area contributed by atoms with Crippen molar-refractivity contribution >= 4 is 49.1 Å². The number of rotatable bonds is 5. The molecular weight excluding hydrogens is 404 g/mol. The van der Waals surface area contributed by atoms with Gasteiger partial charge >= 0.3 is 0 Å². The predicted molar refractivity (Wildman–Crippen MR) is 91.6 cm³/mol. The molecule has 1 saturated heterocycles. The van der Waals surface area contributed by atoms with Crippen LogP contribution in [0.5, 0.6) is 0 Å². The maximum Gasteiger partial charge on any atom is 0.261 e. The molecule has 1 aromatic rings. The average Bonchev–Trinajstić information content (AvgIpc) is 2.78. The molecule has 1 N–H and O–H groups in total. The summed E-state index contributed by atoms with van der Waals surface area (Å²) in [5.74, 6) is 0.0495. The van der Waals surface area contributed by atoms with E-state index >= 15 is 0 Å². The normalized spacial score (nSPS) is 17.4. The monoisotopic (exact) mass is 422 g/mol. The van der Waals surface area contributed by atoms with E-state index in [1.165, 1.54) is 30.7 Å². The number of halogens is 2. The number of amides is 1. The number of nitrogens with one attached hydrogen (secondary N) is 1. The summed E-state index contributed by atoms with van der Waals surface area (Å²) in [4.78, 5) is 15.4. The zero-order chi connectivity index (χ0) is 14.5.